The van der Waals surface area contributed by atoms with Crippen molar-refractivity contribution >= 4 is 11.7 Å². The van der Waals surface area contributed by atoms with Crippen molar-refractivity contribution in [3.05, 3.63) is 54.0 Å². The van der Waals surface area contributed by atoms with E-state index in [1.54, 1.807) is 23.5 Å². The SMILES string of the molecule is CC1(C)CC(=O)N(c2ccc(C#Cc3cccnc3)cn2)C1. The number of rotatable bonds is 1. The van der Waals surface area contributed by atoms with Gasteiger partial charge in [0.05, 0.1) is 0 Å². The summed E-state index contributed by atoms with van der Waals surface area (Å²) >= 11 is 0. The molecular formula is C18H17N3O. The van der Waals surface area contributed by atoms with E-state index >= 15 is 0 Å². The van der Waals surface area contributed by atoms with Crippen LogP contribution in [0.2, 0.25) is 0 Å². The summed E-state index contributed by atoms with van der Waals surface area (Å²) in [6.07, 6.45) is 5.71. The number of hydrogen-bond donors (Lipinski definition) is 0. The van der Waals surface area contributed by atoms with Crippen molar-refractivity contribution in [2.24, 2.45) is 5.41 Å². The molecule has 1 fully saturated rings. The van der Waals surface area contributed by atoms with Gasteiger partial charge in [-0.25, -0.2) is 4.98 Å². The van der Waals surface area contributed by atoms with Crippen molar-refractivity contribution in [2.45, 2.75) is 20.3 Å². The van der Waals surface area contributed by atoms with E-state index in [0.717, 1.165) is 11.1 Å². The molecule has 0 N–H and O–H groups in total. The van der Waals surface area contributed by atoms with E-state index in [2.05, 4.69) is 35.7 Å². The van der Waals surface area contributed by atoms with E-state index in [-0.39, 0.29) is 11.3 Å². The third-order valence-corrected chi connectivity index (χ3v) is 3.55. The molecule has 3 rings (SSSR count). The molecule has 0 aliphatic carbocycles. The van der Waals surface area contributed by atoms with Gasteiger partial charge in [0.25, 0.3) is 0 Å². The molecule has 0 atom stereocenters. The Kier molecular flexibility index (Phi) is 3.64. The zero-order valence-corrected chi connectivity index (χ0v) is 12.7. The van der Waals surface area contributed by atoms with Crippen LogP contribution in [0.5, 0.6) is 0 Å². The lowest BCUT2D eigenvalue weighted by Crippen LogP contribution is -2.26. The van der Waals surface area contributed by atoms with E-state index in [9.17, 15) is 4.79 Å². The minimum absolute atomic E-state index is 0.0115. The fourth-order valence-electron chi connectivity index (χ4n) is 2.49. The number of aromatic nitrogens is 2. The van der Waals surface area contributed by atoms with Gasteiger partial charge in [0.15, 0.2) is 0 Å². The van der Waals surface area contributed by atoms with Crippen molar-refractivity contribution in [2.75, 3.05) is 11.4 Å². The molecule has 1 saturated heterocycles. The second-order valence-corrected chi connectivity index (χ2v) is 6.22. The monoisotopic (exact) mass is 291 g/mol. The fourth-order valence-corrected chi connectivity index (χ4v) is 2.49. The molecule has 0 aromatic carbocycles. The van der Waals surface area contributed by atoms with Crippen LogP contribution >= 0.6 is 0 Å². The van der Waals surface area contributed by atoms with Gasteiger partial charge < -0.3 is 0 Å². The minimum atomic E-state index is 0.0115. The lowest BCUT2D eigenvalue weighted by Gasteiger charge is -2.18. The molecule has 2 aromatic rings. The normalized spacial score (nSPS) is 16.3. The summed E-state index contributed by atoms with van der Waals surface area (Å²) in [5.41, 5.74) is 1.69. The van der Waals surface area contributed by atoms with Crippen LogP contribution in [-0.2, 0) is 4.79 Å². The number of carbonyl (C=O) groups excluding carboxylic acids is 1. The first-order valence-corrected chi connectivity index (χ1v) is 7.22. The quantitative estimate of drug-likeness (QED) is 0.759. The van der Waals surface area contributed by atoms with Crippen molar-refractivity contribution in [3.8, 4) is 11.8 Å². The summed E-state index contributed by atoms with van der Waals surface area (Å²) < 4.78 is 0. The van der Waals surface area contributed by atoms with Gasteiger partial charge in [0.1, 0.15) is 5.82 Å². The Morgan fingerprint density at radius 3 is 2.45 bits per heavy atom. The van der Waals surface area contributed by atoms with E-state index < -0.39 is 0 Å². The van der Waals surface area contributed by atoms with Gasteiger partial charge in [0.2, 0.25) is 5.91 Å². The van der Waals surface area contributed by atoms with E-state index in [1.807, 2.05) is 24.3 Å². The molecule has 0 unspecified atom stereocenters. The van der Waals surface area contributed by atoms with Crippen molar-refractivity contribution < 1.29 is 4.79 Å². The highest BCUT2D eigenvalue weighted by Gasteiger charge is 2.36. The van der Waals surface area contributed by atoms with Gasteiger partial charge >= 0.3 is 0 Å². The number of nitrogens with zero attached hydrogens (tertiary/aromatic N) is 3. The average Bonchev–Trinajstić information content (AvgIpc) is 2.80. The first kappa shape index (κ1) is 14.3. The molecule has 0 radical (unpaired) electrons. The third-order valence-electron chi connectivity index (χ3n) is 3.55. The van der Waals surface area contributed by atoms with E-state index in [1.165, 1.54) is 0 Å². The van der Waals surface area contributed by atoms with Gasteiger partial charge in [-0.15, -0.1) is 0 Å². The Morgan fingerprint density at radius 1 is 1.14 bits per heavy atom. The standard InChI is InChI=1S/C18H17N3O/c1-18(2)10-17(22)21(13-18)16-8-7-15(12-20-16)6-5-14-4-3-9-19-11-14/h3-4,7-9,11-12H,10,13H2,1-2H3. The molecule has 3 heterocycles. The average molecular weight is 291 g/mol. The zero-order chi connectivity index (χ0) is 15.6. The van der Waals surface area contributed by atoms with E-state index in [4.69, 9.17) is 0 Å². The lowest BCUT2D eigenvalue weighted by atomic mass is 9.93. The number of pyridine rings is 2. The molecule has 1 aliphatic rings. The molecular weight excluding hydrogens is 274 g/mol. The Balaban J connectivity index is 1.77. The maximum absolute atomic E-state index is 12.0. The van der Waals surface area contributed by atoms with Crippen LogP contribution in [0.1, 0.15) is 31.4 Å². The molecule has 4 nitrogen and oxygen atoms in total. The van der Waals surface area contributed by atoms with Crippen molar-refractivity contribution in [1.82, 2.24) is 9.97 Å². The van der Waals surface area contributed by atoms with Crippen LogP contribution < -0.4 is 4.90 Å². The smallest absolute Gasteiger partial charge is 0.228 e. The number of hydrogen-bond acceptors (Lipinski definition) is 3. The van der Waals surface area contributed by atoms with Crippen molar-refractivity contribution in [1.29, 1.82) is 0 Å². The predicted octanol–water partition coefficient (Wildman–Crippen LogP) is 2.64. The van der Waals surface area contributed by atoms with Gasteiger partial charge in [-0.2, -0.15) is 0 Å². The number of amides is 1. The highest BCUT2D eigenvalue weighted by atomic mass is 16.2. The Bertz CT molecular complexity index is 739. The second-order valence-electron chi connectivity index (χ2n) is 6.22. The highest BCUT2D eigenvalue weighted by molar-refractivity contribution is 5.95. The van der Waals surface area contributed by atoms with Crippen LogP contribution in [0.4, 0.5) is 5.82 Å². The first-order chi connectivity index (χ1) is 10.5. The first-order valence-electron chi connectivity index (χ1n) is 7.22. The van der Waals surface area contributed by atoms with Crippen LogP contribution in [-0.4, -0.2) is 22.4 Å². The van der Waals surface area contributed by atoms with Gasteiger partial charge in [-0.3, -0.25) is 14.7 Å². The third kappa shape index (κ3) is 3.15. The minimum Gasteiger partial charge on any atom is -0.296 e. The molecule has 1 aliphatic heterocycles. The van der Waals surface area contributed by atoms with Crippen LogP contribution in [0.3, 0.4) is 0 Å². The Labute approximate surface area is 130 Å². The molecule has 22 heavy (non-hydrogen) atoms. The van der Waals surface area contributed by atoms with Gasteiger partial charge in [-0.05, 0) is 29.7 Å². The Hall–Kier alpha value is -2.67. The van der Waals surface area contributed by atoms with Crippen LogP contribution in [0.15, 0.2) is 42.9 Å². The topological polar surface area (TPSA) is 46.1 Å². The van der Waals surface area contributed by atoms with Gasteiger partial charge in [-0.1, -0.05) is 25.7 Å². The molecule has 0 bridgehead atoms. The number of carbonyl (C=O) groups is 1. The molecule has 1 amide bonds. The summed E-state index contributed by atoms with van der Waals surface area (Å²) in [5, 5.41) is 0. The maximum atomic E-state index is 12.0. The van der Waals surface area contributed by atoms with Gasteiger partial charge in [0, 0.05) is 42.7 Å². The largest absolute Gasteiger partial charge is 0.296 e. The lowest BCUT2D eigenvalue weighted by molar-refractivity contribution is -0.117. The summed E-state index contributed by atoms with van der Waals surface area (Å²) in [7, 11) is 0. The fraction of sp³-hybridized carbons (Fsp3) is 0.278. The summed E-state index contributed by atoms with van der Waals surface area (Å²) in [6, 6.07) is 7.51. The van der Waals surface area contributed by atoms with Crippen molar-refractivity contribution in [3.63, 3.8) is 0 Å². The molecule has 110 valence electrons. The Morgan fingerprint density at radius 2 is 1.91 bits per heavy atom. The summed E-state index contributed by atoms with van der Waals surface area (Å²) in [5.74, 6) is 6.92. The number of anilines is 1. The molecule has 0 spiro atoms. The van der Waals surface area contributed by atoms with Crippen LogP contribution in [0, 0.1) is 17.3 Å². The molecule has 0 saturated carbocycles. The second kappa shape index (κ2) is 5.61. The van der Waals surface area contributed by atoms with E-state index in [0.29, 0.717) is 18.8 Å². The molecule has 2 aromatic heterocycles. The highest BCUT2D eigenvalue weighted by Crippen LogP contribution is 2.32. The molecule has 4 heteroatoms. The summed E-state index contributed by atoms with van der Waals surface area (Å²) in [4.78, 5) is 22.2. The zero-order valence-electron chi connectivity index (χ0n) is 12.7. The maximum Gasteiger partial charge on any atom is 0.228 e. The van der Waals surface area contributed by atoms with Crippen LogP contribution in [0.25, 0.3) is 0 Å². The summed E-state index contributed by atoms with van der Waals surface area (Å²) in [6.45, 7) is 4.90. The predicted molar refractivity (Wildman–Crippen MR) is 85.2 cm³/mol.